The van der Waals surface area contributed by atoms with Gasteiger partial charge < -0.3 is 19.7 Å². The lowest BCUT2D eigenvalue weighted by Crippen LogP contribution is -2.44. The molecule has 0 atom stereocenters. The number of nitrogens with zero attached hydrogens (tertiary/aromatic N) is 4. The quantitative estimate of drug-likeness (QED) is 0.278. The molecule has 0 saturated carbocycles. The van der Waals surface area contributed by atoms with E-state index < -0.39 is 0 Å². The third kappa shape index (κ3) is 4.93. The summed E-state index contributed by atoms with van der Waals surface area (Å²) >= 11 is 1.69. The van der Waals surface area contributed by atoms with Crippen LogP contribution in [-0.2, 0) is 0 Å². The Morgan fingerprint density at radius 2 is 1.93 bits per heavy atom. The van der Waals surface area contributed by atoms with Crippen LogP contribution in [0, 0.1) is 0 Å². The molecule has 3 rings (SSSR count). The molecule has 6 nitrogen and oxygen atoms in total. The van der Waals surface area contributed by atoms with E-state index >= 15 is 0 Å². The van der Waals surface area contributed by atoms with Gasteiger partial charge in [-0.05, 0) is 69.6 Å². The second-order valence-electron chi connectivity index (χ2n) is 6.73. The van der Waals surface area contributed by atoms with Gasteiger partial charge in [0.2, 0.25) is 5.88 Å². The van der Waals surface area contributed by atoms with Gasteiger partial charge in [0.1, 0.15) is 5.75 Å². The first-order valence-corrected chi connectivity index (χ1v) is 10.2. The first kappa shape index (κ1) is 19.5. The van der Waals surface area contributed by atoms with E-state index in [1.54, 1.807) is 24.0 Å². The minimum atomic E-state index is 0.359. The molecule has 2 heterocycles. The average molecular weight is 387 g/mol. The molecule has 1 N–H and O–H groups in total. The predicted octanol–water partition coefficient (Wildman–Crippen LogP) is 3.76. The molecule has 0 bridgehead atoms. The van der Waals surface area contributed by atoms with Gasteiger partial charge in [-0.3, -0.25) is 0 Å². The van der Waals surface area contributed by atoms with E-state index in [2.05, 4.69) is 22.1 Å². The molecule has 1 saturated heterocycles. The normalized spacial score (nSPS) is 16.3. The molecule has 0 spiro atoms. The lowest BCUT2D eigenvalue weighted by atomic mass is 10.0. The summed E-state index contributed by atoms with van der Waals surface area (Å²) in [5.74, 6) is 1.79. The number of pyridine rings is 1. The van der Waals surface area contributed by atoms with Gasteiger partial charge in [0, 0.05) is 35.8 Å². The lowest BCUT2D eigenvalue weighted by Gasteiger charge is -2.36. The molecule has 0 radical (unpaired) electrons. The number of amidine groups is 1. The summed E-state index contributed by atoms with van der Waals surface area (Å²) in [7, 11) is 4.11. The standard InChI is InChI=1S/C20H26N4O2S/c1-23-12-10-16(11-13-23)24(2)20(22-25)15-4-9-19(21-14-15)26-17-5-7-18(27-3)8-6-17/h4-9,14,16,25H,10-13H2,1-3H3/b22-20-. The highest BCUT2D eigenvalue weighted by Gasteiger charge is 2.24. The molecule has 7 heteroatoms. The van der Waals surface area contributed by atoms with E-state index in [1.165, 1.54) is 4.90 Å². The Bertz CT molecular complexity index is 757. The lowest BCUT2D eigenvalue weighted by molar-refractivity contribution is 0.188. The van der Waals surface area contributed by atoms with Gasteiger partial charge in [-0.2, -0.15) is 0 Å². The molecule has 0 unspecified atom stereocenters. The van der Waals surface area contributed by atoms with Gasteiger partial charge in [-0.25, -0.2) is 4.98 Å². The maximum atomic E-state index is 9.56. The van der Waals surface area contributed by atoms with E-state index in [0.717, 1.165) is 37.2 Å². The van der Waals surface area contributed by atoms with Crippen LogP contribution in [0.5, 0.6) is 11.6 Å². The summed E-state index contributed by atoms with van der Waals surface area (Å²) in [4.78, 5) is 9.92. The Hall–Kier alpha value is -2.25. The van der Waals surface area contributed by atoms with Crippen molar-refractivity contribution >= 4 is 17.6 Å². The van der Waals surface area contributed by atoms with Crippen molar-refractivity contribution in [1.82, 2.24) is 14.8 Å². The molecule has 2 aromatic rings. The Morgan fingerprint density at radius 1 is 1.22 bits per heavy atom. The van der Waals surface area contributed by atoms with Crippen LogP contribution in [0.25, 0.3) is 0 Å². The highest BCUT2D eigenvalue weighted by atomic mass is 32.2. The van der Waals surface area contributed by atoms with Crippen molar-refractivity contribution in [2.24, 2.45) is 5.16 Å². The number of benzene rings is 1. The van der Waals surface area contributed by atoms with Gasteiger partial charge in [0.25, 0.3) is 0 Å². The highest BCUT2D eigenvalue weighted by Crippen LogP contribution is 2.24. The Balaban J connectivity index is 1.67. The predicted molar refractivity (Wildman–Crippen MR) is 109 cm³/mol. The van der Waals surface area contributed by atoms with E-state index in [4.69, 9.17) is 4.74 Å². The van der Waals surface area contributed by atoms with Gasteiger partial charge in [0.15, 0.2) is 5.84 Å². The third-order valence-corrected chi connectivity index (χ3v) is 5.68. The summed E-state index contributed by atoms with van der Waals surface area (Å²) in [5.41, 5.74) is 0.768. The summed E-state index contributed by atoms with van der Waals surface area (Å²) in [6, 6.07) is 11.9. The topological polar surface area (TPSA) is 61.2 Å². The van der Waals surface area contributed by atoms with Gasteiger partial charge in [-0.15, -0.1) is 11.8 Å². The number of ether oxygens (including phenoxy) is 1. The van der Waals surface area contributed by atoms with Crippen LogP contribution >= 0.6 is 11.8 Å². The highest BCUT2D eigenvalue weighted by molar-refractivity contribution is 7.98. The van der Waals surface area contributed by atoms with Crippen molar-refractivity contribution < 1.29 is 9.94 Å². The van der Waals surface area contributed by atoms with Gasteiger partial charge >= 0.3 is 0 Å². The van der Waals surface area contributed by atoms with E-state index in [9.17, 15) is 5.21 Å². The maximum Gasteiger partial charge on any atom is 0.219 e. The molecular weight excluding hydrogens is 360 g/mol. The molecule has 144 valence electrons. The van der Waals surface area contributed by atoms with E-state index in [-0.39, 0.29) is 0 Å². The average Bonchev–Trinajstić information content (AvgIpc) is 2.71. The number of oxime groups is 1. The van der Waals surface area contributed by atoms with Crippen molar-refractivity contribution in [2.45, 2.75) is 23.8 Å². The van der Waals surface area contributed by atoms with Crippen LogP contribution in [0.15, 0.2) is 52.6 Å². The van der Waals surface area contributed by atoms with Crippen molar-refractivity contribution in [3.8, 4) is 11.6 Å². The van der Waals surface area contributed by atoms with Crippen LogP contribution in [0.3, 0.4) is 0 Å². The zero-order valence-corrected chi connectivity index (χ0v) is 16.8. The fraction of sp³-hybridized carbons (Fsp3) is 0.400. The molecule has 1 aliphatic heterocycles. The molecule has 1 aliphatic rings. The number of hydrogen-bond donors (Lipinski definition) is 1. The number of rotatable bonds is 5. The Morgan fingerprint density at radius 3 is 2.48 bits per heavy atom. The van der Waals surface area contributed by atoms with Crippen LogP contribution in [-0.4, -0.2) is 65.3 Å². The van der Waals surface area contributed by atoms with E-state index in [1.807, 2.05) is 48.5 Å². The second kappa shape index (κ2) is 9.10. The molecule has 0 amide bonds. The van der Waals surface area contributed by atoms with Crippen molar-refractivity contribution in [3.05, 3.63) is 48.2 Å². The van der Waals surface area contributed by atoms with Crippen molar-refractivity contribution in [2.75, 3.05) is 33.4 Å². The fourth-order valence-electron chi connectivity index (χ4n) is 3.22. The largest absolute Gasteiger partial charge is 0.439 e. The van der Waals surface area contributed by atoms with Crippen molar-refractivity contribution in [3.63, 3.8) is 0 Å². The van der Waals surface area contributed by atoms with Crippen molar-refractivity contribution in [1.29, 1.82) is 0 Å². The van der Waals surface area contributed by atoms with Gasteiger partial charge in [0.05, 0.1) is 0 Å². The SMILES string of the molecule is CSc1ccc(Oc2ccc(/C(=N/O)N(C)C3CCN(C)CC3)cn2)cc1. The van der Waals surface area contributed by atoms with Crippen LogP contribution in [0.1, 0.15) is 18.4 Å². The summed E-state index contributed by atoms with van der Waals surface area (Å²) in [5, 5.41) is 13.1. The number of hydrogen-bond acceptors (Lipinski definition) is 6. The molecule has 1 aromatic heterocycles. The summed E-state index contributed by atoms with van der Waals surface area (Å²) in [6.45, 7) is 2.10. The molecule has 1 fully saturated rings. The minimum Gasteiger partial charge on any atom is -0.439 e. The minimum absolute atomic E-state index is 0.359. The Labute approximate surface area is 164 Å². The molecule has 0 aliphatic carbocycles. The first-order valence-electron chi connectivity index (χ1n) is 9.02. The summed E-state index contributed by atoms with van der Waals surface area (Å²) < 4.78 is 5.79. The molecular formula is C20H26N4O2S. The molecule has 1 aromatic carbocycles. The zero-order chi connectivity index (χ0) is 19.2. The van der Waals surface area contributed by atoms with Crippen LogP contribution in [0.4, 0.5) is 0 Å². The zero-order valence-electron chi connectivity index (χ0n) is 16.0. The number of aromatic nitrogens is 1. The number of thioether (sulfide) groups is 1. The summed E-state index contributed by atoms with van der Waals surface area (Å²) in [6.07, 6.45) is 5.82. The Kier molecular flexibility index (Phi) is 6.58. The maximum absolute atomic E-state index is 9.56. The fourth-order valence-corrected chi connectivity index (χ4v) is 3.63. The third-order valence-electron chi connectivity index (χ3n) is 4.94. The first-order chi connectivity index (χ1) is 13.1. The smallest absolute Gasteiger partial charge is 0.219 e. The number of piperidine rings is 1. The van der Waals surface area contributed by atoms with Crippen LogP contribution in [0.2, 0.25) is 0 Å². The second-order valence-corrected chi connectivity index (χ2v) is 7.61. The number of likely N-dealkylation sites (tertiary alicyclic amines) is 1. The van der Waals surface area contributed by atoms with Crippen LogP contribution < -0.4 is 4.74 Å². The molecule has 27 heavy (non-hydrogen) atoms. The monoisotopic (exact) mass is 386 g/mol. The van der Waals surface area contributed by atoms with E-state index in [0.29, 0.717) is 17.8 Å². The van der Waals surface area contributed by atoms with Gasteiger partial charge in [-0.1, -0.05) is 5.16 Å².